The molecule has 0 aromatic heterocycles. The average molecular weight is 379 g/mol. The van der Waals surface area contributed by atoms with E-state index in [0.29, 0.717) is 26.2 Å². The van der Waals surface area contributed by atoms with E-state index in [-0.39, 0.29) is 11.3 Å². The van der Waals surface area contributed by atoms with Crippen LogP contribution in [0.2, 0.25) is 0 Å². The lowest BCUT2D eigenvalue weighted by atomic mass is 10.1. The van der Waals surface area contributed by atoms with Gasteiger partial charge in [0.1, 0.15) is 0 Å². The molecule has 9 heteroatoms. The van der Waals surface area contributed by atoms with E-state index in [1.807, 2.05) is 4.90 Å². The number of alkyl halides is 3. The summed E-state index contributed by atoms with van der Waals surface area (Å²) in [6.45, 7) is 1.68. The molecule has 0 atom stereocenters. The highest BCUT2D eigenvalue weighted by Gasteiger charge is 2.31. The first-order valence-electron chi connectivity index (χ1n) is 8.21. The second-order valence-electron chi connectivity index (χ2n) is 6.13. The van der Waals surface area contributed by atoms with E-state index in [9.17, 15) is 28.1 Å². The van der Waals surface area contributed by atoms with Crippen LogP contribution < -0.4 is 4.90 Å². The number of non-ortho nitro benzene ring substituents is 1. The van der Waals surface area contributed by atoms with Gasteiger partial charge in [-0.25, -0.2) is 0 Å². The zero-order valence-electron chi connectivity index (χ0n) is 14.1. The van der Waals surface area contributed by atoms with E-state index < -0.39 is 22.6 Å². The highest BCUT2D eigenvalue weighted by Crippen LogP contribution is 2.30. The maximum atomic E-state index is 12.8. The number of carbonyl (C=O) groups is 1. The second-order valence-corrected chi connectivity index (χ2v) is 6.13. The molecule has 142 valence electrons. The molecule has 2 aromatic carbocycles. The summed E-state index contributed by atoms with van der Waals surface area (Å²) < 4.78 is 38.5. The minimum Gasteiger partial charge on any atom is -0.368 e. The smallest absolute Gasteiger partial charge is 0.368 e. The van der Waals surface area contributed by atoms with E-state index in [2.05, 4.69) is 0 Å². The molecule has 1 aliphatic heterocycles. The first-order chi connectivity index (χ1) is 12.8. The number of halogens is 3. The molecule has 1 amide bonds. The number of anilines is 1. The highest BCUT2D eigenvalue weighted by molar-refractivity contribution is 5.94. The van der Waals surface area contributed by atoms with Crippen molar-refractivity contribution < 1.29 is 22.9 Å². The molecular formula is C18H16F3N3O3. The summed E-state index contributed by atoms with van der Waals surface area (Å²) in [4.78, 5) is 26.2. The zero-order chi connectivity index (χ0) is 19.6. The molecule has 1 fully saturated rings. The van der Waals surface area contributed by atoms with Gasteiger partial charge in [-0.2, -0.15) is 13.2 Å². The number of nitro benzene ring substituents is 1. The number of piperazine rings is 1. The Morgan fingerprint density at radius 3 is 2.19 bits per heavy atom. The Kier molecular flexibility index (Phi) is 5.02. The number of hydrogen-bond donors (Lipinski definition) is 0. The maximum absolute atomic E-state index is 12.8. The van der Waals surface area contributed by atoms with Crippen molar-refractivity contribution in [3.63, 3.8) is 0 Å². The fraction of sp³-hybridized carbons (Fsp3) is 0.278. The van der Waals surface area contributed by atoms with Crippen LogP contribution in [-0.4, -0.2) is 41.9 Å². The lowest BCUT2D eigenvalue weighted by Gasteiger charge is -2.36. The predicted molar refractivity (Wildman–Crippen MR) is 92.7 cm³/mol. The largest absolute Gasteiger partial charge is 0.416 e. The Labute approximate surface area is 153 Å². The van der Waals surface area contributed by atoms with Gasteiger partial charge in [-0.15, -0.1) is 0 Å². The Morgan fingerprint density at radius 2 is 1.63 bits per heavy atom. The lowest BCUT2D eigenvalue weighted by molar-refractivity contribution is -0.384. The summed E-state index contributed by atoms with van der Waals surface area (Å²) in [7, 11) is 0. The van der Waals surface area contributed by atoms with E-state index >= 15 is 0 Å². The first-order valence-corrected chi connectivity index (χ1v) is 8.21. The molecule has 1 aliphatic rings. The van der Waals surface area contributed by atoms with Gasteiger partial charge in [-0.1, -0.05) is 6.07 Å². The number of carbonyl (C=O) groups excluding carboxylic acids is 1. The summed E-state index contributed by atoms with van der Waals surface area (Å²) in [5.41, 5.74) is -0.0460. The normalized spacial score (nSPS) is 14.9. The van der Waals surface area contributed by atoms with Crippen molar-refractivity contribution in [3.05, 3.63) is 69.8 Å². The summed E-state index contributed by atoms with van der Waals surface area (Å²) in [6.07, 6.45) is -4.50. The molecule has 2 aromatic rings. The van der Waals surface area contributed by atoms with Gasteiger partial charge in [0.2, 0.25) is 0 Å². The van der Waals surface area contributed by atoms with Gasteiger partial charge in [0, 0.05) is 49.6 Å². The van der Waals surface area contributed by atoms with E-state index in [4.69, 9.17) is 0 Å². The van der Waals surface area contributed by atoms with Crippen molar-refractivity contribution >= 4 is 17.3 Å². The molecule has 0 bridgehead atoms. The number of nitrogens with zero attached hydrogens (tertiary/aromatic N) is 3. The van der Waals surface area contributed by atoms with Crippen molar-refractivity contribution in [2.24, 2.45) is 0 Å². The number of benzene rings is 2. The number of hydrogen-bond acceptors (Lipinski definition) is 4. The Hall–Kier alpha value is -3.10. The van der Waals surface area contributed by atoms with Crippen LogP contribution in [0.3, 0.4) is 0 Å². The fourth-order valence-electron chi connectivity index (χ4n) is 2.96. The molecule has 6 nitrogen and oxygen atoms in total. The summed E-state index contributed by atoms with van der Waals surface area (Å²) in [6, 6.07) is 10.5. The molecule has 0 saturated carbocycles. The third kappa shape index (κ3) is 4.18. The molecule has 1 saturated heterocycles. The van der Waals surface area contributed by atoms with Gasteiger partial charge in [0.15, 0.2) is 0 Å². The van der Waals surface area contributed by atoms with Gasteiger partial charge in [0.05, 0.1) is 10.5 Å². The van der Waals surface area contributed by atoms with Crippen molar-refractivity contribution in [3.8, 4) is 0 Å². The first kappa shape index (κ1) is 18.7. The quantitative estimate of drug-likeness (QED) is 0.604. The van der Waals surface area contributed by atoms with E-state index in [1.165, 1.54) is 29.2 Å². The topological polar surface area (TPSA) is 66.7 Å². The minimum absolute atomic E-state index is 0.00268. The molecule has 27 heavy (non-hydrogen) atoms. The van der Waals surface area contributed by atoms with Gasteiger partial charge >= 0.3 is 6.18 Å². The Morgan fingerprint density at radius 1 is 1.00 bits per heavy atom. The fourth-order valence-corrected chi connectivity index (χ4v) is 2.96. The monoisotopic (exact) mass is 379 g/mol. The van der Waals surface area contributed by atoms with Crippen LogP contribution in [0.15, 0.2) is 48.5 Å². The van der Waals surface area contributed by atoms with Crippen molar-refractivity contribution in [1.82, 2.24) is 4.90 Å². The molecule has 3 rings (SSSR count). The number of rotatable bonds is 3. The Balaban J connectivity index is 1.65. The predicted octanol–water partition coefficient (Wildman–Crippen LogP) is 3.58. The van der Waals surface area contributed by atoms with Gasteiger partial charge in [0.25, 0.3) is 11.6 Å². The molecular weight excluding hydrogens is 363 g/mol. The van der Waals surface area contributed by atoms with Crippen molar-refractivity contribution in [2.75, 3.05) is 31.1 Å². The second kappa shape index (κ2) is 7.26. The van der Waals surface area contributed by atoms with Gasteiger partial charge < -0.3 is 9.80 Å². The van der Waals surface area contributed by atoms with Crippen LogP contribution in [0.25, 0.3) is 0 Å². The summed E-state index contributed by atoms with van der Waals surface area (Å²) in [5.74, 6) is -0.440. The maximum Gasteiger partial charge on any atom is 0.416 e. The van der Waals surface area contributed by atoms with Crippen LogP contribution >= 0.6 is 0 Å². The standard InChI is InChI=1S/C18H16F3N3O3/c19-18(20,21)14-3-1-2-13(12-14)17(25)23-10-8-22(9-11-23)15-4-6-16(7-5-15)24(26)27/h1-7,12H,8-11H2. The van der Waals surface area contributed by atoms with Crippen LogP contribution in [0.1, 0.15) is 15.9 Å². The number of amides is 1. The zero-order valence-corrected chi connectivity index (χ0v) is 14.1. The van der Waals surface area contributed by atoms with Crippen LogP contribution in [0, 0.1) is 10.1 Å². The van der Waals surface area contributed by atoms with Gasteiger partial charge in [-0.3, -0.25) is 14.9 Å². The van der Waals surface area contributed by atoms with Crippen LogP contribution in [0.4, 0.5) is 24.5 Å². The molecule has 0 aliphatic carbocycles. The molecule has 0 radical (unpaired) electrons. The highest BCUT2D eigenvalue weighted by atomic mass is 19.4. The molecule has 1 heterocycles. The van der Waals surface area contributed by atoms with Gasteiger partial charge in [-0.05, 0) is 30.3 Å². The van der Waals surface area contributed by atoms with Crippen molar-refractivity contribution in [2.45, 2.75) is 6.18 Å². The third-order valence-corrected chi connectivity index (χ3v) is 4.43. The van der Waals surface area contributed by atoms with Crippen molar-refractivity contribution in [1.29, 1.82) is 0 Å². The summed E-state index contributed by atoms with van der Waals surface area (Å²) >= 11 is 0. The van der Waals surface area contributed by atoms with Crippen LogP contribution in [0.5, 0.6) is 0 Å². The van der Waals surface area contributed by atoms with E-state index in [1.54, 1.807) is 12.1 Å². The number of nitro groups is 1. The molecule has 0 unspecified atom stereocenters. The van der Waals surface area contributed by atoms with E-state index in [0.717, 1.165) is 17.8 Å². The summed E-state index contributed by atoms with van der Waals surface area (Å²) in [5, 5.41) is 10.7. The minimum atomic E-state index is -4.50. The Bertz CT molecular complexity index is 845. The molecule has 0 spiro atoms. The lowest BCUT2D eigenvalue weighted by Crippen LogP contribution is -2.48. The SMILES string of the molecule is O=C(c1cccc(C(F)(F)F)c1)N1CCN(c2ccc([N+](=O)[O-])cc2)CC1. The van der Waals surface area contributed by atoms with Crippen LogP contribution in [-0.2, 0) is 6.18 Å². The third-order valence-electron chi connectivity index (χ3n) is 4.43. The molecule has 0 N–H and O–H groups in total. The average Bonchev–Trinajstić information content (AvgIpc) is 2.67.